The predicted molar refractivity (Wildman–Crippen MR) is 186 cm³/mol. The van der Waals surface area contributed by atoms with Gasteiger partial charge in [-0.2, -0.15) is 0 Å². The summed E-state index contributed by atoms with van der Waals surface area (Å²) in [5.41, 5.74) is 5.21. The minimum absolute atomic E-state index is 0.0958. The van der Waals surface area contributed by atoms with E-state index in [0.29, 0.717) is 17.9 Å². The molecule has 2 heterocycles. The molecule has 9 heteroatoms. The predicted octanol–water partition coefficient (Wildman–Crippen LogP) is 8.79. The maximum Gasteiger partial charge on any atom is 0.186 e. The van der Waals surface area contributed by atoms with Crippen molar-refractivity contribution in [1.29, 1.82) is 0 Å². The molecule has 0 amide bonds. The molecule has 44 heavy (non-hydrogen) atoms. The summed E-state index contributed by atoms with van der Waals surface area (Å²) >= 11 is 4.68. The van der Waals surface area contributed by atoms with E-state index in [1.54, 1.807) is 11.3 Å². The van der Waals surface area contributed by atoms with Crippen LogP contribution in [0.4, 0.5) is 5.13 Å². The first-order valence-electron chi connectivity index (χ1n) is 16.9. The van der Waals surface area contributed by atoms with Gasteiger partial charge in [-0.1, -0.05) is 37.3 Å². The van der Waals surface area contributed by atoms with Gasteiger partial charge >= 0.3 is 0 Å². The first-order chi connectivity index (χ1) is 21.3. The van der Waals surface area contributed by atoms with E-state index in [2.05, 4.69) is 66.0 Å². The van der Waals surface area contributed by atoms with E-state index in [-0.39, 0.29) is 11.2 Å². The topological polar surface area (TPSA) is 97.3 Å². The van der Waals surface area contributed by atoms with E-state index in [1.165, 1.54) is 81.2 Å². The fourth-order valence-corrected chi connectivity index (χ4v) is 7.65. The zero-order valence-corrected chi connectivity index (χ0v) is 29.2. The lowest BCUT2D eigenvalue weighted by molar-refractivity contribution is 0.0912. The molecule has 242 valence electrons. The number of rotatable bonds is 11. The first kappa shape index (κ1) is 33.4. The van der Waals surface area contributed by atoms with Gasteiger partial charge in [0.05, 0.1) is 15.9 Å². The van der Waals surface area contributed by atoms with E-state index in [4.69, 9.17) is 4.52 Å². The van der Waals surface area contributed by atoms with Crippen LogP contribution in [0.25, 0.3) is 10.2 Å². The van der Waals surface area contributed by atoms with Crippen LogP contribution in [-0.4, -0.2) is 35.6 Å². The highest BCUT2D eigenvalue weighted by molar-refractivity contribution is 7.77. The van der Waals surface area contributed by atoms with Crippen LogP contribution >= 0.6 is 24.2 Å². The zero-order chi connectivity index (χ0) is 31.5. The number of benzene rings is 1. The highest BCUT2D eigenvalue weighted by Gasteiger charge is 2.46. The van der Waals surface area contributed by atoms with Crippen molar-refractivity contribution in [3.8, 4) is 0 Å². The van der Waals surface area contributed by atoms with Crippen molar-refractivity contribution in [3.05, 3.63) is 40.8 Å². The lowest BCUT2D eigenvalue weighted by Gasteiger charge is -2.28. The highest BCUT2D eigenvalue weighted by Crippen LogP contribution is 2.59. The molecule has 0 radical (unpaired) electrons. The lowest BCUT2D eigenvalue weighted by atomic mass is 9.77. The van der Waals surface area contributed by atoms with Gasteiger partial charge in [0.2, 0.25) is 0 Å². The molecule has 2 aromatic heterocycles. The highest BCUT2D eigenvalue weighted by atomic mass is 32.1. The van der Waals surface area contributed by atoms with Gasteiger partial charge in [-0.05, 0) is 108 Å². The molecule has 7 rings (SSSR count). The molecule has 3 N–H and O–H groups in total. The molecule has 4 fully saturated rings. The molecule has 4 saturated carbocycles. The van der Waals surface area contributed by atoms with Crippen molar-refractivity contribution >= 4 is 45.3 Å². The monoisotopic (exact) mass is 639 g/mol. The summed E-state index contributed by atoms with van der Waals surface area (Å²) < 4.78 is 6.95. The Bertz CT molecular complexity index is 1390. The van der Waals surface area contributed by atoms with Crippen LogP contribution in [0.5, 0.6) is 0 Å². The number of anilines is 1. The lowest BCUT2D eigenvalue weighted by Crippen LogP contribution is -2.28. The van der Waals surface area contributed by atoms with E-state index >= 15 is 0 Å². The summed E-state index contributed by atoms with van der Waals surface area (Å²) in [5, 5.41) is 13.5. The molecule has 4 aliphatic carbocycles. The number of thiol groups is 1. The van der Waals surface area contributed by atoms with Gasteiger partial charge in [0.25, 0.3) is 0 Å². The minimum Gasteiger partial charge on any atom is -0.360 e. The number of carbonyl (C=O) groups is 1. The van der Waals surface area contributed by atoms with Gasteiger partial charge in [-0.3, -0.25) is 9.93 Å². The van der Waals surface area contributed by atoms with Crippen molar-refractivity contribution in [1.82, 2.24) is 15.5 Å². The van der Waals surface area contributed by atoms with Gasteiger partial charge in [-0.15, -0.1) is 12.8 Å². The van der Waals surface area contributed by atoms with E-state index in [0.717, 1.165) is 52.3 Å². The van der Waals surface area contributed by atoms with Gasteiger partial charge in [0.15, 0.2) is 10.9 Å². The van der Waals surface area contributed by atoms with Gasteiger partial charge in [-0.25, -0.2) is 4.98 Å². The number of Topliss-reactive ketones (excluding diaryl/α,β-unsaturated/α-hetero) is 1. The third-order valence-electron chi connectivity index (χ3n) is 10.7. The molecule has 0 bridgehead atoms. The summed E-state index contributed by atoms with van der Waals surface area (Å²) in [6.45, 7) is 10.6. The maximum absolute atomic E-state index is 12.3. The second kappa shape index (κ2) is 14.2. The number of nitrogens with one attached hydrogen (secondary N) is 1. The molecule has 0 atom stereocenters. The van der Waals surface area contributed by atoms with Gasteiger partial charge in [0.1, 0.15) is 5.76 Å². The maximum atomic E-state index is 12.3. The van der Waals surface area contributed by atoms with Crippen LogP contribution in [0.15, 0.2) is 22.7 Å². The molecule has 0 unspecified atom stereocenters. The number of hydrogen-bond acceptors (Lipinski definition) is 9. The smallest absolute Gasteiger partial charge is 0.186 e. The Morgan fingerprint density at radius 3 is 2.32 bits per heavy atom. The molecule has 0 aliphatic heterocycles. The molecular formula is C35H53N5O2S2. The van der Waals surface area contributed by atoms with Gasteiger partial charge in [0, 0.05) is 54.6 Å². The summed E-state index contributed by atoms with van der Waals surface area (Å²) in [7, 11) is 2.04. The number of ketones is 1. The fourth-order valence-electron chi connectivity index (χ4n) is 6.62. The molecular weight excluding hydrogens is 587 g/mol. The van der Waals surface area contributed by atoms with Crippen LogP contribution in [-0.2, 0) is 6.54 Å². The number of fused-ring (bicyclic) bond motifs is 1. The molecule has 1 spiro atoms. The second-order valence-electron chi connectivity index (χ2n) is 13.9. The third kappa shape index (κ3) is 7.54. The van der Waals surface area contributed by atoms with Crippen molar-refractivity contribution < 1.29 is 9.32 Å². The van der Waals surface area contributed by atoms with Crippen LogP contribution < -0.4 is 15.4 Å². The minimum atomic E-state index is -0.0958. The Kier molecular flexibility index (Phi) is 10.8. The Labute approximate surface area is 273 Å². The first-order valence-corrected chi connectivity index (χ1v) is 18.3. The molecule has 3 aromatic rings. The van der Waals surface area contributed by atoms with E-state index in [9.17, 15) is 4.79 Å². The Balaban J connectivity index is 0.000000168. The standard InChI is InChI=1S/C20H32N2O.C15H18N2OS.H3NS/c1-3-16(4-2)21-13-17-18(22-23-19(17)15-5-6-15)14-7-9-20(10-8-14)11-12-20;1-4-17(3)14-16-11-6-5-10(9-12(11)19-14)13(18)15(2)7-8-15;1-2/h14-16,21H,3-13H2,1-2H3;5-6,9H,4,7-8H2,1-3H3;2H,1H2. The normalized spacial score (nSPS) is 19.7. The van der Waals surface area contributed by atoms with Gasteiger partial charge < -0.3 is 14.7 Å². The third-order valence-corrected chi connectivity index (χ3v) is 11.9. The molecule has 4 aliphatic rings. The number of carbonyl (C=O) groups excluding carboxylic acids is 1. The van der Waals surface area contributed by atoms with E-state index in [1.807, 2.05) is 25.2 Å². The average molecular weight is 640 g/mol. The van der Waals surface area contributed by atoms with Crippen molar-refractivity contribution in [2.45, 2.75) is 129 Å². The number of thiazole rings is 1. The Morgan fingerprint density at radius 1 is 1.07 bits per heavy atom. The summed E-state index contributed by atoms with van der Waals surface area (Å²) in [5.74, 6) is 2.81. The quantitative estimate of drug-likeness (QED) is 0.142. The van der Waals surface area contributed by atoms with Crippen LogP contribution in [0, 0.1) is 10.8 Å². The summed E-state index contributed by atoms with van der Waals surface area (Å²) in [6.07, 6.45) is 15.5. The Morgan fingerprint density at radius 2 is 1.75 bits per heavy atom. The Hall–Kier alpha value is -1.94. The number of aromatic nitrogens is 2. The van der Waals surface area contributed by atoms with Crippen molar-refractivity contribution in [2.24, 2.45) is 16.0 Å². The SMILES string of the molecule is CCC(CC)NCc1c(C2CCC3(CC2)CC3)noc1C1CC1.CCN(C)c1nc2ccc(C(=O)C3(C)CC3)cc2s1.NS. The molecule has 7 nitrogen and oxygen atoms in total. The average Bonchev–Trinajstić information content (AvgIpc) is 4.03. The second-order valence-corrected chi connectivity index (χ2v) is 14.9. The number of nitrogens with two attached hydrogens (primary N) is 1. The van der Waals surface area contributed by atoms with Crippen LogP contribution in [0.1, 0.15) is 144 Å². The van der Waals surface area contributed by atoms with Crippen molar-refractivity contribution in [3.63, 3.8) is 0 Å². The van der Waals surface area contributed by atoms with Crippen LogP contribution in [0.2, 0.25) is 0 Å². The summed E-state index contributed by atoms with van der Waals surface area (Å²) in [4.78, 5) is 19.1. The molecule has 1 aromatic carbocycles. The number of hydrogen-bond donors (Lipinski definition) is 3. The largest absolute Gasteiger partial charge is 0.360 e. The fraction of sp³-hybridized carbons (Fsp3) is 0.686. The number of nitrogens with zero attached hydrogens (tertiary/aromatic N) is 3. The van der Waals surface area contributed by atoms with Crippen molar-refractivity contribution in [2.75, 3.05) is 18.5 Å². The van der Waals surface area contributed by atoms with E-state index < -0.39 is 0 Å². The van der Waals surface area contributed by atoms with Crippen LogP contribution in [0.3, 0.4) is 0 Å². The summed E-state index contributed by atoms with van der Waals surface area (Å²) in [6, 6.07) is 6.51. The molecule has 0 saturated heterocycles. The zero-order valence-electron chi connectivity index (χ0n) is 27.5.